The summed E-state index contributed by atoms with van der Waals surface area (Å²) < 4.78 is 11.0. The number of anilines is 2. The molecule has 2 N–H and O–H groups in total. The van der Waals surface area contributed by atoms with Crippen LogP contribution in [0.25, 0.3) is 0 Å². The molecule has 1 heterocycles. The monoisotopic (exact) mass is 355 g/mol. The average molecular weight is 355 g/mol. The lowest BCUT2D eigenvalue weighted by atomic mass is 10.1. The van der Waals surface area contributed by atoms with Crippen molar-refractivity contribution in [1.82, 2.24) is 5.32 Å². The van der Waals surface area contributed by atoms with Gasteiger partial charge in [0.05, 0.1) is 24.6 Å². The smallest absolute Gasteiger partial charge is 0.321 e. The topological polar surface area (TPSA) is 62.8 Å². The quantitative estimate of drug-likeness (QED) is 0.808. The van der Waals surface area contributed by atoms with Gasteiger partial charge in [0, 0.05) is 13.1 Å². The first-order valence-electron chi connectivity index (χ1n) is 8.80. The fraction of sp³-hybridized carbons (Fsp3) is 0.350. The molecule has 0 bridgehead atoms. The van der Waals surface area contributed by atoms with Crippen LogP contribution in [0, 0.1) is 13.8 Å². The zero-order valence-electron chi connectivity index (χ0n) is 15.2. The van der Waals surface area contributed by atoms with Gasteiger partial charge in [-0.05, 0) is 49.2 Å². The number of urea groups is 1. The molecule has 0 unspecified atom stereocenters. The van der Waals surface area contributed by atoms with E-state index in [1.54, 1.807) is 0 Å². The standard InChI is InChI=1S/C20H25N3O3/c1-15-7-8-17(13-16(15)2)26-14-21-20(24)22-18-5-3-4-6-19(18)23-9-11-25-12-10-23/h3-8,13H,9-12,14H2,1-2H3,(H2,21,22,24). The zero-order valence-corrected chi connectivity index (χ0v) is 15.2. The molecule has 1 fully saturated rings. The summed E-state index contributed by atoms with van der Waals surface area (Å²) in [5.41, 5.74) is 4.15. The van der Waals surface area contributed by atoms with Crippen molar-refractivity contribution in [1.29, 1.82) is 0 Å². The molecule has 0 aliphatic carbocycles. The van der Waals surface area contributed by atoms with Crippen LogP contribution in [-0.4, -0.2) is 39.1 Å². The van der Waals surface area contributed by atoms with Gasteiger partial charge in [-0.25, -0.2) is 4.79 Å². The summed E-state index contributed by atoms with van der Waals surface area (Å²) in [7, 11) is 0. The molecule has 2 aromatic carbocycles. The first-order valence-corrected chi connectivity index (χ1v) is 8.80. The first kappa shape index (κ1) is 18.1. The molecule has 1 aliphatic rings. The van der Waals surface area contributed by atoms with Crippen molar-refractivity contribution < 1.29 is 14.3 Å². The number of carbonyl (C=O) groups excluding carboxylic acids is 1. The van der Waals surface area contributed by atoms with E-state index >= 15 is 0 Å². The Kier molecular flexibility index (Phi) is 5.96. The second-order valence-electron chi connectivity index (χ2n) is 6.28. The predicted octanol–water partition coefficient (Wildman–Crippen LogP) is 3.30. The summed E-state index contributed by atoms with van der Waals surface area (Å²) in [4.78, 5) is 14.4. The van der Waals surface area contributed by atoms with E-state index in [1.165, 1.54) is 5.56 Å². The van der Waals surface area contributed by atoms with E-state index in [0.29, 0.717) is 13.2 Å². The van der Waals surface area contributed by atoms with Crippen molar-refractivity contribution in [2.75, 3.05) is 43.3 Å². The molecule has 0 radical (unpaired) electrons. The third-order valence-electron chi connectivity index (χ3n) is 4.45. The van der Waals surface area contributed by atoms with Crippen molar-refractivity contribution in [3.05, 3.63) is 53.6 Å². The number of rotatable bonds is 5. The second kappa shape index (κ2) is 8.58. The minimum atomic E-state index is -0.297. The predicted molar refractivity (Wildman–Crippen MR) is 103 cm³/mol. The van der Waals surface area contributed by atoms with Gasteiger partial charge in [-0.3, -0.25) is 0 Å². The van der Waals surface area contributed by atoms with Crippen LogP contribution < -0.4 is 20.3 Å². The van der Waals surface area contributed by atoms with Crippen LogP contribution in [0.15, 0.2) is 42.5 Å². The third kappa shape index (κ3) is 4.67. The van der Waals surface area contributed by atoms with Gasteiger partial charge < -0.3 is 25.0 Å². The molecule has 1 saturated heterocycles. The van der Waals surface area contributed by atoms with Crippen LogP contribution in [0.2, 0.25) is 0 Å². The number of amides is 2. The highest BCUT2D eigenvalue weighted by Crippen LogP contribution is 2.26. The van der Waals surface area contributed by atoms with E-state index in [4.69, 9.17) is 9.47 Å². The van der Waals surface area contributed by atoms with Crippen molar-refractivity contribution in [2.45, 2.75) is 13.8 Å². The molecule has 6 nitrogen and oxygen atoms in total. The van der Waals surface area contributed by atoms with Crippen LogP contribution in [-0.2, 0) is 4.74 Å². The number of aryl methyl sites for hydroxylation is 2. The number of benzene rings is 2. The third-order valence-corrected chi connectivity index (χ3v) is 4.45. The van der Waals surface area contributed by atoms with Crippen LogP contribution in [0.4, 0.5) is 16.2 Å². The molecule has 1 aliphatic heterocycles. The maximum Gasteiger partial charge on any atom is 0.321 e. The maximum atomic E-state index is 12.2. The average Bonchev–Trinajstić information content (AvgIpc) is 2.66. The molecule has 2 amide bonds. The largest absolute Gasteiger partial charge is 0.473 e. The van der Waals surface area contributed by atoms with Crippen molar-refractivity contribution >= 4 is 17.4 Å². The molecule has 2 aromatic rings. The number of nitrogens with one attached hydrogen (secondary N) is 2. The Morgan fingerprint density at radius 2 is 1.88 bits per heavy atom. The van der Waals surface area contributed by atoms with Gasteiger partial charge >= 0.3 is 6.03 Å². The van der Waals surface area contributed by atoms with E-state index in [9.17, 15) is 4.79 Å². The summed E-state index contributed by atoms with van der Waals surface area (Å²) in [5.74, 6) is 0.738. The number of ether oxygens (including phenoxy) is 2. The van der Waals surface area contributed by atoms with E-state index < -0.39 is 0 Å². The van der Waals surface area contributed by atoms with Crippen LogP contribution >= 0.6 is 0 Å². The molecular formula is C20H25N3O3. The number of hydrogen-bond donors (Lipinski definition) is 2. The number of para-hydroxylation sites is 2. The number of nitrogens with zero attached hydrogens (tertiary/aromatic N) is 1. The van der Waals surface area contributed by atoms with Crippen LogP contribution in [0.3, 0.4) is 0 Å². The fourth-order valence-electron chi connectivity index (χ4n) is 2.81. The van der Waals surface area contributed by atoms with Gasteiger partial charge in [-0.1, -0.05) is 18.2 Å². The number of morpholine rings is 1. The van der Waals surface area contributed by atoms with Gasteiger partial charge in [-0.15, -0.1) is 0 Å². The minimum absolute atomic E-state index is 0.105. The molecule has 0 atom stereocenters. The van der Waals surface area contributed by atoms with Crippen LogP contribution in [0.5, 0.6) is 5.75 Å². The highest BCUT2D eigenvalue weighted by Gasteiger charge is 2.15. The minimum Gasteiger partial charge on any atom is -0.473 e. The molecule has 26 heavy (non-hydrogen) atoms. The fourth-order valence-corrected chi connectivity index (χ4v) is 2.81. The Hall–Kier alpha value is -2.73. The summed E-state index contributed by atoms with van der Waals surface area (Å²) in [6, 6.07) is 13.3. The summed E-state index contributed by atoms with van der Waals surface area (Å²) in [6.45, 7) is 7.22. The molecule has 3 rings (SSSR count). The molecule has 0 spiro atoms. The lowest BCUT2D eigenvalue weighted by Gasteiger charge is -2.30. The Labute approximate surface area is 154 Å². The lowest BCUT2D eigenvalue weighted by molar-refractivity contribution is 0.123. The van der Waals surface area contributed by atoms with E-state index in [2.05, 4.69) is 22.5 Å². The summed E-state index contributed by atoms with van der Waals surface area (Å²) in [5, 5.41) is 5.63. The number of hydrogen-bond acceptors (Lipinski definition) is 4. The summed E-state index contributed by atoms with van der Waals surface area (Å²) >= 11 is 0. The SMILES string of the molecule is Cc1ccc(OCNC(=O)Nc2ccccc2N2CCOCC2)cc1C. The maximum absolute atomic E-state index is 12.2. The van der Waals surface area contributed by atoms with Gasteiger partial charge in [-0.2, -0.15) is 0 Å². The van der Waals surface area contributed by atoms with E-state index in [0.717, 1.165) is 35.8 Å². The van der Waals surface area contributed by atoms with Gasteiger partial charge in [0.1, 0.15) is 5.75 Å². The number of carbonyl (C=O) groups is 1. The summed E-state index contributed by atoms with van der Waals surface area (Å²) in [6.07, 6.45) is 0. The van der Waals surface area contributed by atoms with E-state index in [1.807, 2.05) is 49.4 Å². The molecule has 0 saturated carbocycles. The van der Waals surface area contributed by atoms with Crippen LogP contribution in [0.1, 0.15) is 11.1 Å². The second-order valence-corrected chi connectivity index (χ2v) is 6.28. The van der Waals surface area contributed by atoms with Crippen molar-refractivity contribution in [3.8, 4) is 5.75 Å². The Morgan fingerprint density at radius 1 is 1.12 bits per heavy atom. The zero-order chi connectivity index (χ0) is 18.4. The Morgan fingerprint density at radius 3 is 2.65 bits per heavy atom. The molecular weight excluding hydrogens is 330 g/mol. The highest BCUT2D eigenvalue weighted by atomic mass is 16.5. The van der Waals surface area contributed by atoms with Gasteiger partial charge in [0.25, 0.3) is 0 Å². The van der Waals surface area contributed by atoms with Crippen molar-refractivity contribution in [3.63, 3.8) is 0 Å². The molecule has 6 heteroatoms. The van der Waals surface area contributed by atoms with E-state index in [-0.39, 0.29) is 12.8 Å². The normalized spacial score (nSPS) is 14.0. The Bertz CT molecular complexity index is 758. The first-order chi connectivity index (χ1) is 12.6. The highest BCUT2D eigenvalue weighted by molar-refractivity contribution is 5.93. The lowest BCUT2D eigenvalue weighted by Crippen LogP contribution is -2.37. The Balaban J connectivity index is 1.54. The van der Waals surface area contributed by atoms with Crippen molar-refractivity contribution in [2.24, 2.45) is 0 Å². The van der Waals surface area contributed by atoms with Gasteiger partial charge in [0.15, 0.2) is 6.73 Å². The molecule has 138 valence electrons. The molecule has 0 aromatic heterocycles. The van der Waals surface area contributed by atoms with Gasteiger partial charge in [0.2, 0.25) is 0 Å².